The van der Waals surface area contributed by atoms with Crippen molar-refractivity contribution in [3.05, 3.63) is 28.3 Å². The molecule has 0 radical (unpaired) electrons. The summed E-state index contributed by atoms with van der Waals surface area (Å²) in [6, 6.07) is 0. The van der Waals surface area contributed by atoms with Crippen molar-refractivity contribution in [2.24, 2.45) is 13.0 Å². The molecule has 0 saturated heterocycles. The highest BCUT2D eigenvalue weighted by Gasteiger charge is 2.39. The molecule has 0 amide bonds. The summed E-state index contributed by atoms with van der Waals surface area (Å²) in [4.78, 5) is 38.0. The quantitative estimate of drug-likeness (QED) is 0.787. The van der Waals surface area contributed by atoms with Gasteiger partial charge in [-0.15, -0.1) is 0 Å². The van der Waals surface area contributed by atoms with Crippen LogP contribution in [0.5, 0.6) is 5.75 Å². The fourth-order valence-corrected chi connectivity index (χ4v) is 3.71. The third-order valence-corrected chi connectivity index (χ3v) is 5.31. The van der Waals surface area contributed by atoms with Gasteiger partial charge >= 0.3 is 5.97 Å². The van der Waals surface area contributed by atoms with Crippen LogP contribution in [0.25, 0.3) is 0 Å². The van der Waals surface area contributed by atoms with Crippen LogP contribution < -0.4 is 4.74 Å². The molecule has 6 nitrogen and oxygen atoms in total. The summed E-state index contributed by atoms with van der Waals surface area (Å²) in [6.45, 7) is 3.31. The van der Waals surface area contributed by atoms with Gasteiger partial charge in [-0.2, -0.15) is 0 Å². The number of aromatic nitrogens is 1. The molecule has 1 aromatic rings. The van der Waals surface area contributed by atoms with Gasteiger partial charge in [0.15, 0.2) is 11.5 Å². The van der Waals surface area contributed by atoms with Crippen molar-refractivity contribution < 1.29 is 23.9 Å². The summed E-state index contributed by atoms with van der Waals surface area (Å²) >= 11 is 0. The Kier molecular flexibility index (Phi) is 4.54. The minimum absolute atomic E-state index is 0.0121. The number of Topliss-reactive ketones (excluding diaryl/α,β-unsaturated/α-hetero) is 2. The Morgan fingerprint density at radius 1 is 1.08 bits per heavy atom. The monoisotopic (exact) mass is 345 g/mol. The molecule has 2 aliphatic rings. The van der Waals surface area contributed by atoms with E-state index in [4.69, 9.17) is 9.47 Å². The average Bonchev–Trinajstić information content (AvgIpc) is 2.86. The van der Waals surface area contributed by atoms with Crippen molar-refractivity contribution >= 4 is 17.5 Å². The topological polar surface area (TPSA) is 74.6 Å². The third kappa shape index (κ3) is 2.69. The number of fused-ring (bicyclic) bond motifs is 1. The van der Waals surface area contributed by atoms with E-state index in [0.717, 1.165) is 32.1 Å². The molecule has 0 unspecified atom stereocenters. The lowest BCUT2D eigenvalue weighted by molar-refractivity contribution is -0.140. The minimum atomic E-state index is -0.412. The predicted octanol–water partition coefficient (Wildman–Crippen LogP) is 3.12. The molecule has 1 fully saturated rings. The number of hydrogen-bond acceptors (Lipinski definition) is 5. The van der Waals surface area contributed by atoms with Crippen LogP contribution in [0.2, 0.25) is 0 Å². The Labute approximate surface area is 146 Å². The maximum absolute atomic E-state index is 12.8. The summed E-state index contributed by atoms with van der Waals surface area (Å²) in [7, 11) is 3.06. The Hall–Kier alpha value is -2.37. The van der Waals surface area contributed by atoms with E-state index < -0.39 is 5.78 Å². The fraction of sp³-hybridized carbons (Fsp3) is 0.526. The molecule has 0 spiro atoms. The van der Waals surface area contributed by atoms with Crippen LogP contribution in [0.1, 0.15) is 65.6 Å². The van der Waals surface area contributed by atoms with Crippen LogP contribution in [0.15, 0.2) is 11.3 Å². The van der Waals surface area contributed by atoms with Gasteiger partial charge in [0.1, 0.15) is 5.69 Å². The van der Waals surface area contributed by atoms with Crippen molar-refractivity contribution in [2.75, 3.05) is 7.11 Å². The van der Waals surface area contributed by atoms with Gasteiger partial charge in [-0.05, 0) is 26.7 Å². The first-order valence-electron chi connectivity index (χ1n) is 8.63. The molecule has 0 aromatic carbocycles. The first-order chi connectivity index (χ1) is 11.9. The van der Waals surface area contributed by atoms with Crippen LogP contribution in [-0.4, -0.2) is 29.2 Å². The number of nitrogens with zero attached hydrogens (tertiary/aromatic N) is 1. The van der Waals surface area contributed by atoms with Crippen LogP contribution in [0, 0.1) is 12.8 Å². The molecule has 25 heavy (non-hydrogen) atoms. The Bertz CT molecular complexity index is 793. The standard InChI is InChI=1S/C19H23NO5/c1-10-15(21)14-13(16(22)17(10)24-4)18(11(2)20(14)3)25-19(23)12-8-6-5-7-9-12/h12H,5-9H2,1-4H3. The van der Waals surface area contributed by atoms with Gasteiger partial charge in [0, 0.05) is 12.6 Å². The highest BCUT2D eigenvalue weighted by molar-refractivity contribution is 6.26. The fourth-order valence-electron chi connectivity index (χ4n) is 3.71. The molecular formula is C19H23NO5. The molecule has 0 atom stereocenters. The second-order valence-electron chi connectivity index (χ2n) is 6.77. The van der Waals surface area contributed by atoms with E-state index in [1.807, 2.05) is 0 Å². The van der Waals surface area contributed by atoms with Crippen molar-refractivity contribution in [1.82, 2.24) is 4.57 Å². The highest BCUT2D eigenvalue weighted by atomic mass is 16.5. The third-order valence-electron chi connectivity index (χ3n) is 5.31. The van der Waals surface area contributed by atoms with Crippen molar-refractivity contribution in [2.45, 2.75) is 46.0 Å². The van der Waals surface area contributed by atoms with E-state index in [0.29, 0.717) is 5.69 Å². The zero-order valence-corrected chi connectivity index (χ0v) is 15.1. The number of ketones is 2. The largest absolute Gasteiger partial charge is 0.492 e. The van der Waals surface area contributed by atoms with Crippen molar-refractivity contribution in [3.8, 4) is 5.75 Å². The first kappa shape index (κ1) is 17.5. The normalized spacial score (nSPS) is 18.4. The molecule has 1 aromatic heterocycles. The van der Waals surface area contributed by atoms with Gasteiger partial charge in [-0.25, -0.2) is 0 Å². The lowest BCUT2D eigenvalue weighted by atomic mass is 9.89. The Morgan fingerprint density at radius 3 is 2.32 bits per heavy atom. The summed E-state index contributed by atoms with van der Waals surface area (Å²) in [5.41, 5.74) is 1.25. The second-order valence-corrected chi connectivity index (χ2v) is 6.77. The Balaban J connectivity index is 2.02. The van der Waals surface area contributed by atoms with Gasteiger partial charge in [0.2, 0.25) is 11.6 Å². The first-order valence-corrected chi connectivity index (χ1v) is 8.63. The second kappa shape index (κ2) is 6.50. The van der Waals surface area contributed by atoms with E-state index in [1.165, 1.54) is 7.11 Å². The number of carbonyl (C=O) groups is 3. The molecule has 3 rings (SSSR count). The summed E-state index contributed by atoms with van der Waals surface area (Å²) < 4.78 is 12.4. The Morgan fingerprint density at radius 2 is 1.72 bits per heavy atom. The van der Waals surface area contributed by atoms with Gasteiger partial charge in [0.25, 0.3) is 0 Å². The number of rotatable bonds is 3. The van der Waals surface area contributed by atoms with E-state index in [2.05, 4.69) is 0 Å². The van der Waals surface area contributed by atoms with Crippen molar-refractivity contribution in [3.63, 3.8) is 0 Å². The van der Waals surface area contributed by atoms with Crippen molar-refractivity contribution in [1.29, 1.82) is 0 Å². The molecule has 1 heterocycles. The number of ether oxygens (including phenoxy) is 2. The SMILES string of the molecule is COC1=C(C)C(=O)c2c(c(OC(=O)C3CCCCC3)c(C)n2C)C1=O. The molecule has 134 valence electrons. The van der Waals surface area contributed by atoms with Gasteiger partial charge in [-0.1, -0.05) is 19.3 Å². The summed E-state index contributed by atoms with van der Waals surface area (Å²) in [5, 5.41) is 0. The molecule has 0 N–H and O–H groups in total. The van der Waals surface area contributed by atoms with Crippen LogP contribution in [0.4, 0.5) is 0 Å². The average molecular weight is 345 g/mol. The number of methoxy groups -OCH3 is 1. The molecule has 6 heteroatoms. The van der Waals surface area contributed by atoms with E-state index in [9.17, 15) is 14.4 Å². The maximum Gasteiger partial charge on any atom is 0.314 e. The number of carbonyl (C=O) groups excluding carboxylic acids is 3. The van der Waals surface area contributed by atoms with E-state index in [-0.39, 0.29) is 46.0 Å². The highest BCUT2D eigenvalue weighted by Crippen LogP contribution is 2.38. The van der Waals surface area contributed by atoms with Gasteiger partial charge in [-0.3, -0.25) is 14.4 Å². The van der Waals surface area contributed by atoms with Crippen LogP contribution >= 0.6 is 0 Å². The summed E-state index contributed by atoms with van der Waals surface area (Å²) in [6.07, 6.45) is 4.78. The minimum Gasteiger partial charge on any atom is -0.492 e. The number of allylic oxidation sites excluding steroid dienone is 2. The lowest BCUT2D eigenvalue weighted by Gasteiger charge is -2.20. The lowest BCUT2D eigenvalue weighted by Crippen LogP contribution is -2.25. The van der Waals surface area contributed by atoms with Crippen LogP contribution in [0.3, 0.4) is 0 Å². The zero-order chi connectivity index (χ0) is 18.3. The predicted molar refractivity (Wildman–Crippen MR) is 90.7 cm³/mol. The zero-order valence-electron chi connectivity index (χ0n) is 15.1. The molecule has 0 bridgehead atoms. The van der Waals surface area contributed by atoms with Crippen LogP contribution in [-0.2, 0) is 16.6 Å². The number of hydrogen-bond donors (Lipinski definition) is 0. The molecule has 2 aliphatic carbocycles. The van der Waals surface area contributed by atoms with E-state index >= 15 is 0 Å². The molecular weight excluding hydrogens is 322 g/mol. The smallest absolute Gasteiger partial charge is 0.314 e. The molecule has 0 aliphatic heterocycles. The van der Waals surface area contributed by atoms with Gasteiger partial charge < -0.3 is 14.0 Å². The molecule has 1 saturated carbocycles. The van der Waals surface area contributed by atoms with E-state index in [1.54, 1.807) is 25.5 Å². The summed E-state index contributed by atoms with van der Waals surface area (Å²) in [5.74, 6) is -0.951. The maximum atomic E-state index is 12.8. The number of esters is 1. The van der Waals surface area contributed by atoms with Gasteiger partial charge in [0.05, 0.1) is 24.3 Å².